The average molecular weight is 226 g/mol. The number of rotatable bonds is 2. The molecular weight excluding hydrogens is 219 g/mol. The summed E-state index contributed by atoms with van der Waals surface area (Å²) >= 11 is 5.59. The molecule has 0 saturated carbocycles. The first-order chi connectivity index (χ1) is 6.40. The molecule has 1 aromatic heterocycles. The van der Waals surface area contributed by atoms with Crippen LogP contribution in [-0.4, -0.2) is 17.7 Å². The van der Waals surface area contributed by atoms with Crippen LogP contribution in [0, 0.1) is 0 Å². The van der Waals surface area contributed by atoms with Crippen LogP contribution in [0.15, 0.2) is 12.4 Å². The number of halogens is 4. The molecule has 14 heavy (non-hydrogen) atoms. The average Bonchev–Trinajstić information content (AvgIpc) is 2.01. The minimum absolute atomic E-state index is 0.0546. The van der Waals surface area contributed by atoms with E-state index in [2.05, 4.69) is 10.3 Å². The molecule has 1 heterocycles. The number of nitrogens with zero attached hydrogens (tertiary/aromatic N) is 1. The summed E-state index contributed by atoms with van der Waals surface area (Å²) < 4.78 is 35.5. The van der Waals surface area contributed by atoms with E-state index in [0.29, 0.717) is 0 Å². The molecule has 1 aromatic rings. The number of anilines is 2. The number of alkyl halides is 3. The first-order valence-corrected chi connectivity index (χ1v) is 3.97. The largest absolute Gasteiger partial charge is 0.405 e. The van der Waals surface area contributed by atoms with Crippen molar-refractivity contribution in [2.45, 2.75) is 6.18 Å². The number of aromatic nitrogens is 1. The molecule has 0 aliphatic carbocycles. The Balaban J connectivity index is 2.77. The SMILES string of the molecule is Nc1cncc(Cl)c1NCC(F)(F)F. The van der Waals surface area contributed by atoms with Gasteiger partial charge in [-0.25, -0.2) is 0 Å². The molecule has 0 bridgehead atoms. The van der Waals surface area contributed by atoms with Crippen LogP contribution in [0.1, 0.15) is 0 Å². The number of hydrogen-bond acceptors (Lipinski definition) is 3. The summed E-state index contributed by atoms with van der Waals surface area (Å²) in [6.45, 7) is -1.18. The topological polar surface area (TPSA) is 50.9 Å². The van der Waals surface area contributed by atoms with Crippen LogP contribution >= 0.6 is 11.6 Å². The van der Waals surface area contributed by atoms with E-state index in [0.717, 1.165) is 0 Å². The fourth-order valence-corrected chi connectivity index (χ4v) is 1.06. The molecule has 0 saturated heterocycles. The van der Waals surface area contributed by atoms with E-state index in [1.165, 1.54) is 12.4 Å². The molecule has 3 nitrogen and oxygen atoms in total. The zero-order valence-corrected chi connectivity index (χ0v) is 7.65. The molecule has 0 aromatic carbocycles. The lowest BCUT2D eigenvalue weighted by atomic mass is 10.3. The van der Waals surface area contributed by atoms with Gasteiger partial charge in [-0.3, -0.25) is 4.98 Å². The van der Waals surface area contributed by atoms with Crippen LogP contribution in [0.2, 0.25) is 5.02 Å². The zero-order chi connectivity index (χ0) is 10.8. The third kappa shape index (κ3) is 2.95. The fourth-order valence-electron chi connectivity index (χ4n) is 0.825. The Hall–Kier alpha value is -1.17. The minimum Gasteiger partial charge on any atom is -0.396 e. The third-order valence-electron chi connectivity index (χ3n) is 1.39. The van der Waals surface area contributed by atoms with E-state index in [9.17, 15) is 13.2 Å². The van der Waals surface area contributed by atoms with Gasteiger partial charge in [-0.1, -0.05) is 11.6 Å². The molecule has 3 N–H and O–H groups in total. The molecule has 1 rings (SSSR count). The number of nitrogen functional groups attached to an aromatic ring is 1. The van der Waals surface area contributed by atoms with Gasteiger partial charge in [-0.15, -0.1) is 0 Å². The second-order valence-electron chi connectivity index (χ2n) is 2.55. The maximum atomic E-state index is 11.8. The lowest BCUT2D eigenvalue weighted by Gasteiger charge is -2.12. The molecule has 0 fully saturated rings. The maximum Gasteiger partial charge on any atom is 0.405 e. The summed E-state index contributed by atoms with van der Waals surface area (Å²) in [6, 6.07) is 0. The van der Waals surface area contributed by atoms with Crippen molar-refractivity contribution >= 4 is 23.0 Å². The van der Waals surface area contributed by atoms with E-state index < -0.39 is 12.7 Å². The highest BCUT2D eigenvalue weighted by Crippen LogP contribution is 2.27. The monoisotopic (exact) mass is 225 g/mol. The summed E-state index contributed by atoms with van der Waals surface area (Å²) in [5.41, 5.74) is 5.51. The van der Waals surface area contributed by atoms with Crippen molar-refractivity contribution in [3.63, 3.8) is 0 Å². The van der Waals surface area contributed by atoms with Crippen molar-refractivity contribution in [2.75, 3.05) is 17.6 Å². The van der Waals surface area contributed by atoms with Gasteiger partial charge >= 0.3 is 6.18 Å². The number of nitrogens with one attached hydrogen (secondary N) is 1. The van der Waals surface area contributed by atoms with Gasteiger partial charge in [-0.05, 0) is 0 Å². The quantitative estimate of drug-likeness (QED) is 0.812. The van der Waals surface area contributed by atoms with Crippen molar-refractivity contribution in [3.8, 4) is 0 Å². The summed E-state index contributed by atoms with van der Waals surface area (Å²) in [4.78, 5) is 3.61. The fraction of sp³-hybridized carbons (Fsp3) is 0.286. The Morgan fingerprint density at radius 1 is 1.43 bits per heavy atom. The van der Waals surface area contributed by atoms with Crippen LogP contribution in [-0.2, 0) is 0 Å². The Morgan fingerprint density at radius 3 is 2.57 bits per heavy atom. The Bertz CT molecular complexity index is 306. The van der Waals surface area contributed by atoms with Crippen LogP contribution < -0.4 is 11.1 Å². The lowest BCUT2D eigenvalue weighted by Crippen LogP contribution is -2.22. The minimum atomic E-state index is -4.31. The van der Waals surface area contributed by atoms with Gasteiger partial charge in [0.1, 0.15) is 6.54 Å². The van der Waals surface area contributed by atoms with E-state index in [4.69, 9.17) is 17.3 Å². The van der Waals surface area contributed by atoms with E-state index in [1.54, 1.807) is 0 Å². The standard InChI is InChI=1S/C7H7ClF3N3/c8-4-1-13-2-5(12)6(4)14-3-7(9,10)11/h1-2H,3,12H2,(H,13,14). The second-order valence-corrected chi connectivity index (χ2v) is 2.96. The molecule has 7 heteroatoms. The molecule has 0 aliphatic heterocycles. The van der Waals surface area contributed by atoms with Crippen molar-refractivity contribution < 1.29 is 13.2 Å². The van der Waals surface area contributed by atoms with Gasteiger partial charge in [0, 0.05) is 6.20 Å². The van der Waals surface area contributed by atoms with Gasteiger partial charge < -0.3 is 11.1 Å². The van der Waals surface area contributed by atoms with Crippen molar-refractivity contribution in [2.24, 2.45) is 0 Å². The van der Waals surface area contributed by atoms with Crippen molar-refractivity contribution in [1.82, 2.24) is 4.98 Å². The zero-order valence-electron chi connectivity index (χ0n) is 6.90. The normalized spacial score (nSPS) is 11.4. The predicted molar refractivity (Wildman–Crippen MR) is 48.2 cm³/mol. The Kier molecular flexibility index (Phi) is 3.05. The van der Waals surface area contributed by atoms with Crippen LogP contribution in [0.3, 0.4) is 0 Å². The molecule has 0 spiro atoms. The van der Waals surface area contributed by atoms with Gasteiger partial charge in [0.2, 0.25) is 0 Å². The first-order valence-electron chi connectivity index (χ1n) is 3.60. The highest BCUT2D eigenvalue weighted by Gasteiger charge is 2.27. The molecule has 0 radical (unpaired) electrons. The Labute approximate surface area is 83.1 Å². The molecule has 0 atom stereocenters. The van der Waals surface area contributed by atoms with E-state index >= 15 is 0 Å². The van der Waals surface area contributed by atoms with E-state index in [-0.39, 0.29) is 16.4 Å². The number of pyridine rings is 1. The van der Waals surface area contributed by atoms with Crippen LogP contribution in [0.4, 0.5) is 24.5 Å². The second kappa shape index (κ2) is 3.91. The Morgan fingerprint density at radius 2 is 2.07 bits per heavy atom. The predicted octanol–water partition coefficient (Wildman–Crippen LogP) is 2.29. The molecule has 0 amide bonds. The third-order valence-corrected chi connectivity index (χ3v) is 1.68. The van der Waals surface area contributed by atoms with Crippen molar-refractivity contribution in [3.05, 3.63) is 17.4 Å². The van der Waals surface area contributed by atoms with Gasteiger partial charge in [0.25, 0.3) is 0 Å². The first kappa shape index (κ1) is 10.9. The van der Waals surface area contributed by atoms with Crippen LogP contribution in [0.5, 0.6) is 0 Å². The summed E-state index contributed by atoms with van der Waals surface area (Å²) in [5.74, 6) is 0. The van der Waals surface area contributed by atoms with Crippen molar-refractivity contribution in [1.29, 1.82) is 0 Å². The van der Waals surface area contributed by atoms with E-state index in [1.807, 2.05) is 0 Å². The summed E-state index contributed by atoms with van der Waals surface area (Å²) in [6.07, 6.45) is -1.86. The summed E-state index contributed by atoms with van der Waals surface area (Å²) in [5, 5.41) is 2.16. The molecule has 0 unspecified atom stereocenters. The number of hydrogen-bond donors (Lipinski definition) is 2. The van der Waals surface area contributed by atoms with Gasteiger partial charge in [0.15, 0.2) is 0 Å². The van der Waals surface area contributed by atoms with Gasteiger partial charge in [0.05, 0.1) is 22.6 Å². The number of nitrogens with two attached hydrogens (primary N) is 1. The highest BCUT2D eigenvalue weighted by atomic mass is 35.5. The summed E-state index contributed by atoms with van der Waals surface area (Å²) in [7, 11) is 0. The molecule has 0 aliphatic rings. The smallest absolute Gasteiger partial charge is 0.396 e. The molecule has 78 valence electrons. The van der Waals surface area contributed by atoms with Gasteiger partial charge in [-0.2, -0.15) is 13.2 Å². The lowest BCUT2D eigenvalue weighted by molar-refractivity contribution is -0.115. The highest BCUT2D eigenvalue weighted by molar-refractivity contribution is 6.33. The molecular formula is C7H7ClF3N3. The maximum absolute atomic E-state index is 11.8. The van der Waals surface area contributed by atoms with Crippen LogP contribution in [0.25, 0.3) is 0 Å².